The lowest BCUT2D eigenvalue weighted by Crippen LogP contribution is -1.93. The molecule has 0 aliphatic carbocycles. The Morgan fingerprint density at radius 2 is 1.40 bits per heavy atom. The molecule has 7 heteroatoms. The van der Waals surface area contributed by atoms with E-state index in [2.05, 4.69) is 45.8 Å². The highest BCUT2D eigenvalue weighted by molar-refractivity contribution is 7.23. The fourth-order valence-corrected chi connectivity index (χ4v) is 6.40. The van der Waals surface area contributed by atoms with Gasteiger partial charge in [-0.25, -0.2) is 9.97 Å². The molecule has 4 aromatic heterocycles. The van der Waals surface area contributed by atoms with E-state index in [1.807, 2.05) is 54.6 Å². The van der Waals surface area contributed by atoms with Crippen LogP contribution in [0, 0.1) is 11.9 Å². The van der Waals surface area contributed by atoms with Gasteiger partial charge in [0.2, 0.25) is 11.9 Å². The molecule has 8 aromatic rings. The second-order valence-electron chi connectivity index (χ2n) is 9.61. The minimum absolute atomic E-state index is 0.258. The number of halogens is 2. The first-order chi connectivity index (χ1) is 19.6. The number of nitrogens with zero attached hydrogens (tertiary/aromatic N) is 4. The van der Waals surface area contributed by atoms with Crippen molar-refractivity contribution in [1.82, 2.24) is 19.4 Å². The molecule has 0 bridgehead atoms. The maximum absolute atomic E-state index is 14.4. The maximum Gasteiger partial charge on any atom is 0.223 e. The van der Waals surface area contributed by atoms with Crippen molar-refractivity contribution >= 4 is 48.5 Å². The van der Waals surface area contributed by atoms with Crippen LogP contribution in [0.4, 0.5) is 8.78 Å². The summed E-state index contributed by atoms with van der Waals surface area (Å²) >= 11 is 1.64. The van der Waals surface area contributed by atoms with E-state index in [0.717, 1.165) is 59.5 Å². The van der Waals surface area contributed by atoms with Gasteiger partial charge < -0.3 is 0 Å². The molecule has 0 radical (unpaired) electrons. The molecule has 0 unspecified atom stereocenters. The second-order valence-corrected chi connectivity index (χ2v) is 10.6. The number of rotatable bonds is 3. The van der Waals surface area contributed by atoms with Gasteiger partial charge in [0.1, 0.15) is 11.0 Å². The molecular formula is C33H18F2N4S. The molecule has 4 heterocycles. The Morgan fingerprint density at radius 1 is 0.625 bits per heavy atom. The summed E-state index contributed by atoms with van der Waals surface area (Å²) in [5, 5.41) is 1.01. The Morgan fingerprint density at radius 3 is 2.27 bits per heavy atom. The van der Waals surface area contributed by atoms with Crippen LogP contribution in [0.5, 0.6) is 0 Å². The zero-order chi connectivity index (χ0) is 26.8. The topological polar surface area (TPSA) is 43.1 Å². The third kappa shape index (κ3) is 3.52. The maximum atomic E-state index is 14.4. The van der Waals surface area contributed by atoms with Gasteiger partial charge in [-0.1, -0.05) is 84.1 Å². The van der Waals surface area contributed by atoms with Gasteiger partial charge >= 0.3 is 0 Å². The third-order valence-corrected chi connectivity index (χ3v) is 8.25. The summed E-state index contributed by atoms with van der Waals surface area (Å²) in [6, 6.07) is 34.7. The second kappa shape index (κ2) is 8.76. The molecule has 8 rings (SSSR count). The Balaban J connectivity index is 1.39. The Labute approximate surface area is 230 Å². The molecule has 0 saturated carbocycles. The molecule has 0 aliphatic rings. The molecule has 0 amide bonds. The van der Waals surface area contributed by atoms with E-state index in [1.54, 1.807) is 17.4 Å². The smallest absolute Gasteiger partial charge is 0.223 e. The number of para-hydroxylation sites is 1. The molecule has 4 nitrogen and oxygen atoms in total. The minimum atomic E-state index is -0.839. The molecule has 0 saturated heterocycles. The van der Waals surface area contributed by atoms with Gasteiger partial charge in [0, 0.05) is 16.5 Å². The highest BCUT2D eigenvalue weighted by Crippen LogP contribution is 2.39. The van der Waals surface area contributed by atoms with Crippen LogP contribution < -0.4 is 0 Å². The first kappa shape index (κ1) is 22.9. The molecular weight excluding hydrogens is 522 g/mol. The van der Waals surface area contributed by atoms with Crippen LogP contribution >= 0.6 is 11.3 Å². The summed E-state index contributed by atoms with van der Waals surface area (Å²) < 4.78 is 31.2. The van der Waals surface area contributed by atoms with Gasteiger partial charge in [-0.3, -0.25) is 4.40 Å². The van der Waals surface area contributed by atoms with E-state index in [-0.39, 0.29) is 5.56 Å². The van der Waals surface area contributed by atoms with Gasteiger partial charge in [-0.15, -0.1) is 0 Å². The van der Waals surface area contributed by atoms with E-state index in [9.17, 15) is 8.78 Å². The van der Waals surface area contributed by atoms with Crippen molar-refractivity contribution in [3.05, 3.63) is 121 Å². The van der Waals surface area contributed by atoms with Crippen molar-refractivity contribution in [3.63, 3.8) is 0 Å². The van der Waals surface area contributed by atoms with Crippen molar-refractivity contribution in [2.45, 2.75) is 0 Å². The van der Waals surface area contributed by atoms with Crippen LogP contribution in [-0.2, 0) is 0 Å². The molecule has 0 fully saturated rings. The van der Waals surface area contributed by atoms with Crippen molar-refractivity contribution in [2.75, 3.05) is 0 Å². The molecule has 190 valence electrons. The summed E-state index contributed by atoms with van der Waals surface area (Å²) in [6.45, 7) is 0. The average Bonchev–Trinajstić information content (AvgIpc) is 3.53. The molecule has 0 spiro atoms. The third-order valence-electron chi connectivity index (χ3n) is 7.23. The molecule has 40 heavy (non-hydrogen) atoms. The lowest BCUT2D eigenvalue weighted by molar-refractivity contribution is 0.515. The largest absolute Gasteiger partial charge is 0.281 e. The number of aromatic nitrogens is 4. The summed E-state index contributed by atoms with van der Waals surface area (Å²) in [6.07, 6.45) is 0. The van der Waals surface area contributed by atoms with Crippen LogP contribution in [0.1, 0.15) is 0 Å². The normalized spacial score (nSPS) is 11.8. The number of hydrogen-bond donors (Lipinski definition) is 0. The Bertz CT molecular complexity index is 2250. The number of hydrogen-bond acceptors (Lipinski definition) is 4. The van der Waals surface area contributed by atoms with Gasteiger partial charge in [-0.05, 0) is 53.1 Å². The van der Waals surface area contributed by atoms with Gasteiger partial charge in [-0.2, -0.15) is 13.8 Å². The number of imidazole rings is 1. The molecule has 0 N–H and O–H groups in total. The minimum Gasteiger partial charge on any atom is -0.281 e. The van der Waals surface area contributed by atoms with Crippen molar-refractivity contribution in [1.29, 1.82) is 0 Å². The first-order valence-electron chi connectivity index (χ1n) is 12.8. The van der Waals surface area contributed by atoms with Crippen LogP contribution in [-0.4, -0.2) is 19.4 Å². The summed E-state index contributed by atoms with van der Waals surface area (Å²) in [5.41, 5.74) is 8.51. The van der Waals surface area contributed by atoms with Gasteiger partial charge in [0.15, 0.2) is 4.96 Å². The van der Waals surface area contributed by atoms with Crippen LogP contribution in [0.3, 0.4) is 0 Å². The monoisotopic (exact) mass is 540 g/mol. The summed E-state index contributed by atoms with van der Waals surface area (Å²) in [7, 11) is 0. The summed E-state index contributed by atoms with van der Waals surface area (Å²) in [4.78, 5) is 14.4. The van der Waals surface area contributed by atoms with Crippen LogP contribution in [0.2, 0.25) is 0 Å². The lowest BCUT2D eigenvalue weighted by atomic mass is 9.99. The van der Waals surface area contributed by atoms with Crippen molar-refractivity contribution in [2.24, 2.45) is 0 Å². The van der Waals surface area contributed by atoms with E-state index >= 15 is 0 Å². The van der Waals surface area contributed by atoms with Gasteiger partial charge in [0.05, 0.1) is 21.4 Å². The predicted molar refractivity (Wildman–Crippen MR) is 157 cm³/mol. The van der Waals surface area contributed by atoms with Crippen molar-refractivity contribution in [3.8, 4) is 33.5 Å². The quantitative estimate of drug-likeness (QED) is 0.210. The SMILES string of the molecule is Fc1ccc(-c2cccc(-c3ccc4sc5nc6c7ccccc7nc(-c7ccccc7)c6n5c4c3)c2)c(F)n1. The lowest BCUT2D eigenvalue weighted by Gasteiger charge is -2.09. The Kier molecular flexibility index (Phi) is 5.02. The molecule has 0 aliphatic heterocycles. The fraction of sp³-hybridized carbons (Fsp3) is 0. The fourth-order valence-electron chi connectivity index (χ4n) is 5.39. The van der Waals surface area contributed by atoms with E-state index in [4.69, 9.17) is 9.97 Å². The van der Waals surface area contributed by atoms with Crippen molar-refractivity contribution < 1.29 is 8.78 Å². The highest BCUT2D eigenvalue weighted by atomic mass is 32.1. The molecule has 4 aromatic carbocycles. The Hall–Kier alpha value is -5.01. The van der Waals surface area contributed by atoms with Crippen LogP contribution in [0.15, 0.2) is 109 Å². The first-order valence-corrected chi connectivity index (χ1v) is 13.6. The average molecular weight is 541 g/mol. The van der Waals surface area contributed by atoms with Crippen LogP contribution in [0.25, 0.3) is 70.6 Å². The van der Waals surface area contributed by atoms with E-state index in [1.165, 1.54) is 12.1 Å². The predicted octanol–water partition coefficient (Wildman–Crippen LogP) is 8.92. The zero-order valence-corrected chi connectivity index (χ0v) is 21.7. The van der Waals surface area contributed by atoms with Gasteiger partial charge in [0.25, 0.3) is 0 Å². The molecule has 0 atom stereocenters. The van der Waals surface area contributed by atoms with E-state index in [0.29, 0.717) is 5.56 Å². The standard InChI is InChI=1S/C33H18F2N4S/c34-28-16-14-23(32(35)37-28)22-10-6-9-20(17-22)21-13-15-27-26(18-21)39-31-29(19-7-2-1-3-8-19)36-25-12-5-4-11-24(25)30(31)38-33(39)40-27/h1-18H. The number of pyridine rings is 2. The number of benzene rings is 4. The highest BCUT2D eigenvalue weighted by Gasteiger charge is 2.20. The zero-order valence-electron chi connectivity index (χ0n) is 20.8. The summed E-state index contributed by atoms with van der Waals surface area (Å²) in [5.74, 6) is -1.67. The van der Waals surface area contributed by atoms with E-state index < -0.39 is 11.9 Å². The number of thiazole rings is 1. The number of fused-ring (bicyclic) bond motifs is 7.